The molecular weight excluding hydrogens is 358 g/mol. The SMILES string of the molecule is CCOC(=O)c1ccc(I)c(-c2cccc(F)c2)c1. The van der Waals surface area contributed by atoms with Gasteiger partial charge < -0.3 is 4.74 Å². The van der Waals surface area contributed by atoms with Crippen molar-refractivity contribution >= 4 is 28.6 Å². The summed E-state index contributed by atoms with van der Waals surface area (Å²) in [7, 11) is 0. The molecule has 0 atom stereocenters. The molecule has 0 aliphatic carbocycles. The number of benzene rings is 2. The van der Waals surface area contributed by atoms with Gasteiger partial charge in [0.25, 0.3) is 0 Å². The van der Waals surface area contributed by atoms with Crippen LogP contribution in [-0.4, -0.2) is 12.6 Å². The van der Waals surface area contributed by atoms with Crippen molar-refractivity contribution in [2.24, 2.45) is 0 Å². The second kappa shape index (κ2) is 6.14. The minimum Gasteiger partial charge on any atom is -0.462 e. The van der Waals surface area contributed by atoms with E-state index >= 15 is 0 Å². The second-order valence-corrected chi connectivity index (χ2v) is 5.09. The van der Waals surface area contributed by atoms with Crippen molar-refractivity contribution in [3.8, 4) is 11.1 Å². The first kappa shape index (κ1) is 14.0. The summed E-state index contributed by atoms with van der Waals surface area (Å²) in [5.74, 6) is -0.661. The number of carbonyl (C=O) groups is 1. The van der Waals surface area contributed by atoms with Crippen molar-refractivity contribution in [3.05, 3.63) is 57.4 Å². The number of halogens is 2. The smallest absolute Gasteiger partial charge is 0.338 e. The summed E-state index contributed by atoms with van der Waals surface area (Å²) in [5, 5.41) is 0. The van der Waals surface area contributed by atoms with Gasteiger partial charge in [-0.3, -0.25) is 0 Å². The molecule has 0 saturated carbocycles. The van der Waals surface area contributed by atoms with Crippen LogP contribution in [0, 0.1) is 9.39 Å². The number of hydrogen-bond donors (Lipinski definition) is 0. The van der Waals surface area contributed by atoms with E-state index in [1.54, 1.807) is 25.1 Å². The summed E-state index contributed by atoms with van der Waals surface area (Å²) < 4.78 is 19.2. The van der Waals surface area contributed by atoms with Gasteiger partial charge >= 0.3 is 5.97 Å². The Labute approximate surface area is 124 Å². The fourth-order valence-corrected chi connectivity index (χ4v) is 2.39. The van der Waals surface area contributed by atoms with Crippen LogP contribution in [-0.2, 0) is 4.74 Å². The van der Waals surface area contributed by atoms with Gasteiger partial charge in [-0.25, -0.2) is 9.18 Å². The highest BCUT2D eigenvalue weighted by atomic mass is 127. The third-order valence-corrected chi connectivity index (χ3v) is 3.55. The van der Waals surface area contributed by atoms with E-state index in [0.717, 1.165) is 14.7 Å². The van der Waals surface area contributed by atoms with Gasteiger partial charge in [-0.15, -0.1) is 0 Å². The van der Waals surface area contributed by atoms with Crippen LogP contribution in [0.5, 0.6) is 0 Å². The zero-order valence-electron chi connectivity index (χ0n) is 10.3. The van der Waals surface area contributed by atoms with Gasteiger partial charge in [-0.2, -0.15) is 0 Å². The van der Waals surface area contributed by atoms with Crippen LogP contribution >= 0.6 is 22.6 Å². The lowest BCUT2D eigenvalue weighted by Crippen LogP contribution is -2.05. The van der Waals surface area contributed by atoms with E-state index in [1.807, 2.05) is 12.1 Å². The topological polar surface area (TPSA) is 26.3 Å². The first-order valence-electron chi connectivity index (χ1n) is 5.84. The van der Waals surface area contributed by atoms with E-state index in [4.69, 9.17) is 4.74 Å². The number of hydrogen-bond acceptors (Lipinski definition) is 2. The molecule has 0 saturated heterocycles. The van der Waals surface area contributed by atoms with E-state index in [2.05, 4.69) is 22.6 Å². The lowest BCUT2D eigenvalue weighted by molar-refractivity contribution is 0.0526. The third kappa shape index (κ3) is 3.32. The van der Waals surface area contributed by atoms with Gasteiger partial charge in [-0.05, 0) is 71.0 Å². The van der Waals surface area contributed by atoms with Crippen molar-refractivity contribution in [1.82, 2.24) is 0 Å². The number of carbonyl (C=O) groups excluding carboxylic acids is 1. The molecule has 4 heteroatoms. The monoisotopic (exact) mass is 370 g/mol. The maximum Gasteiger partial charge on any atom is 0.338 e. The van der Waals surface area contributed by atoms with E-state index in [-0.39, 0.29) is 11.8 Å². The Morgan fingerprint density at radius 1 is 1.26 bits per heavy atom. The maximum atomic E-state index is 13.3. The van der Waals surface area contributed by atoms with Crippen molar-refractivity contribution in [1.29, 1.82) is 0 Å². The van der Waals surface area contributed by atoms with Crippen molar-refractivity contribution in [3.63, 3.8) is 0 Å². The summed E-state index contributed by atoms with van der Waals surface area (Å²) in [4.78, 5) is 11.7. The Morgan fingerprint density at radius 2 is 2.05 bits per heavy atom. The van der Waals surface area contributed by atoms with Crippen LogP contribution in [0.4, 0.5) is 4.39 Å². The zero-order chi connectivity index (χ0) is 13.8. The zero-order valence-corrected chi connectivity index (χ0v) is 12.5. The minimum absolute atomic E-state index is 0.296. The summed E-state index contributed by atoms with van der Waals surface area (Å²) in [6.45, 7) is 2.10. The molecule has 2 rings (SSSR count). The molecule has 0 bridgehead atoms. The molecule has 0 heterocycles. The van der Waals surface area contributed by atoms with Crippen molar-refractivity contribution in [2.75, 3.05) is 6.61 Å². The standard InChI is InChI=1S/C15H12FIO2/c1-2-19-15(18)11-6-7-14(17)13(9-11)10-4-3-5-12(16)8-10/h3-9H,2H2,1H3. The molecular formula is C15H12FIO2. The second-order valence-electron chi connectivity index (χ2n) is 3.93. The lowest BCUT2D eigenvalue weighted by Gasteiger charge is -2.08. The molecule has 0 N–H and O–H groups in total. The average molecular weight is 370 g/mol. The first-order chi connectivity index (χ1) is 9.11. The van der Waals surface area contributed by atoms with Crippen LogP contribution in [0.2, 0.25) is 0 Å². The molecule has 0 spiro atoms. The highest BCUT2D eigenvalue weighted by Gasteiger charge is 2.11. The minimum atomic E-state index is -0.364. The van der Waals surface area contributed by atoms with Crippen molar-refractivity contribution < 1.29 is 13.9 Å². The van der Waals surface area contributed by atoms with E-state index in [1.165, 1.54) is 12.1 Å². The number of ether oxygens (including phenoxy) is 1. The molecule has 0 radical (unpaired) electrons. The van der Waals surface area contributed by atoms with E-state index < -0.39 is 0 Å². The predicted octanol–water partition coefficient (Wildman–Crippen LogP) is 4.27. The molecule has 0 unspecified atom stereocenters. The van der Waals surface area contributed by atoms with Crippen LogP contribution in [0.15, 0.2) is 42.5 Å². The molecule has 98 valence electrons. The Bertz CT molecular complexity index is 611. The van der Waals surface area contributed by atoms with Crippen molar-refractivity contribution in [2.45, 2.75) is 6.92 Å². The fourth-order valence-electron chi connectivity index (χ4n) is 1.74. The molecule has 0 aromatic heterocycles. The lowest BCUT2D eigenvalue weighted by atomic mass is 10.0. The summed E-state index contributed by atoms with van der Waals surface area (Å²) in [6, 6.07) is 11.6. The molecule has 2 nitrogen and oxygen atoms in total. The van der Waals surface area contributed by atoms with E-state index in [0.29, 0.717) is 12.2 Å². The molecule has 2 aromatic rings. The Kier molecular flexibility index (Phi) is 4.52. The normalized spacial score (nSPS) is 10.3. The third-order valence-electron chi connectivity index (χ3n) is 2.61. The first-order valence-corrected chi connectivity index (χ1v) is 6.92. The van der Waals surface area contributed by atoms with Gasteiger partial charge in [0.05, 0.1) is 12.2 Å². The highest BCUT2D eigenvalue weighted by molar-refractivity contribution is 14.1. The average Bonchev–Trinajstić information content (AvgIpc) is 2.39. The Hall–Kier alpha value is -1.43. The Balaban J connectivity index is 2.45. The Morgan fingerprint density at radius 3 is 2.74 bits per heavy atom. The molecule has 0 fully saturated rings. The quantitative estimate of drug-likeness (QED) is 0.596. The van der Waals surface area contributed by atoms with Gasteiger partial charge in [-0.1, -0.05) is 12.1 Å². The van der Waals surface area contributed by atoms with Gasteiger partial charge in [0.1, 0.15) is 5.82 Å². The predicted molar refractivity (Wildman–Crippen MR) is 80.5 cm³/mol. The van der Waals surface area contributed by atoms with Crippen LogP contribution in [0.25, 0.3) is 11.1 Å². The fraction of sp³-hybridized carbons (Fsp3) is 0.133. The van der Waals surface area contributed by atoms with Crippen LogP contribution in [0.1, 0.15) is 17.3 Å². The van der Waals surface area contributed by atoms with E-state index in [9.17, 15) is 9.18 Å². The molecule has 0 aliphatic heterocycles. The molecule has 0 amide bonds. The van der Waals surface area contributed by atoms with Crippen LogP contribution in [0.3, 0.4) is 0 Å². The summed E-state index contributed by atoms with van der Waals surface area (Å²) >= 11 is 2.16. The molecule has 19 heavy (non-hydrogen) atoms. The maximum absolute atomic E-state index is 13.3. The van der Waals surface area contributed by atoms with Crippen LogP contribution < -0.4 is 0 Å². The van der Waals surface area contributed by atoms with Gasteiger partial charge in [0, 0.05) is 3.57 Å². The molecule has 2 aromatic carbocycles. The summed E-state index contributed by atoms with van der Waals surface area (Å²) in [5.41, 5.74) is 2.04. The summed E-state index contributed by atoms with van der Waals surface area (Å²) in [6.07, 6.45) is 0. The number of rotatable bonds is 3. The number of esters is 1. The largest absolute Gasteiger partial charge is 0.462 e. The molecule has 0 aliphatic rings. The van der Waals surface area contributed by atoms with Gasteiger partial charge in [0.15, 0.2) is 0 Å². The highest BCUT2D eigenvalue weighted by Crippen LogP contribution is 2.27. The van der Waals surface area contributed by atoms with Gasteiger partial charge in [0.2, 0.25) is 0 Å².